The minimum absolute atomic E-state index is 0.433. The first kappa shape index (κ1) is 18.5. The van der Waals surface area contributed by atoms with Gasteiger partial charge in [0, 0.05) is 11.1 Å². The highest BCUT2D eigenvalue weighted by atomic mass is 15.3. The van der Waals surface area contributed by atoms with Gasteiger partial charge in [-0.3, -0.25) is 10.2 Å². The van der Waals surface area contributed by atoms with Crippen molar-refractivity contribution >= 4 is 23.5 Å². The molecule has 3 aromatic heterocycles. The molecule has 0 spiro atoms. The van der Waals surface area contributed by atoms with Crippen molar-refractivity contribution in [1.82, 2.24) is 35.3 Å². The summed E-state index contributed by atoms with van der Waals surface area (Å²) in [7, 11) is 0. The Labute approximate surface area is 178 Å². The van der Waals surface area contributed by atoms with Crippen molar-refractivity contribution < 1.29 is 0 Å². The van der Waals surface area contributed by atoms with E-state index in [0.29, 0.717) is 35.2 Å². The Morgan fingerprint density at radius 3 is 1.71 bits per heavy atom. The fraction of sp³-hybridized carbons (Fsp3) is 0.0455. The van der Waals surface area contributed by atoms with Crippen LogP contribution in [-0.4, -0.2) is 35.3 Å². The molecule has 0 bridgehead atoms. The molecule has 9 nitrogen and oxygen atoms in total. The summed E-state index contributed by atoms with van der Waals surface area (Å²) in [5, 5.41) is 20.5. The maximum atomic E-state index is 4.53. The number of aryl methyl sites for hydroxylation is 1. The number of nitrogens with one attached hydrogen (secondary N) is 4. The van der Waals surface area contributed by atoms with E-state index in [-0.39, 0.29) is 0 Å². The van der Waals surface area contributed by atoms with Crippen molar-refractivity contribution in [3.8, 4) is 22.8 Å². The highest BCUT2D eigenvalue weighted by Gasteiger charge is 2.09. The third kappa shape index (κ3) is 4.25. The number of benzene rings is 2. The molecule has 0 amide bonds. The predicted octanol–water partition coefficient (Wildman–Crippen LogP) is 4.45. The third-order valence-electron chi connectivity index (χ3n) is 4.57. The van der Waals surface area contributed by atoms with E-state index >= 15 is 0 Å². The standard InChI is InChI=1S/C22H19N9/c1-14-10-12-16(13-11-14)20-27-22(31-29-20)25-18-9-5-8-17(23-18)24-21-26-19(28-30-21)15-6-3-2-4-7-15/h2-13H,1H3,(H4,23,24,25,26,27,28,29,30,31). The van der Waals surface area contributed by atoms with Gasteiger partial charge in [-0.2, -0.15) is 9.97 Å². The Kier molecular flexibility index (Phi) is 4.82. The minimum Gasteiger partial charge on any atom is -0.307 e. The average Bonchev–Trinajstić information content (AvgIpc) is 3.45. The lowest BCUT2D eigenvalue weighted by molar-refractivity contribution is 1.09. The van der Waals surface area contributed by atoms with Crippen molar-refractivity contribution in [3.05, 3.63) is 78.4 Å². The molecule has 0 fully saturated rings. The topological polar surface area (TPSA) is 120 Å². The number of rotatable bonds is 6. The lowest BCUT2D eigenvalue weighted by Gasteiger charge is -2.04. The molecule has 0 saturated heterocycles. The van der Waals surface area contributed by atoms with Gasteiger partial charge in [0.25, 0.3) is 0 Å². The Morgan fingerprint density at radius 2 is 1.13 bits per heavy atom. The number of aromatic nitrogens is 7. The van der Waals surface area contributed by atoms with Crippen LogP contribution in [0.1, 0.15) is 5.56 Å². The van der Waals surface area contributed by atoms with Gasteiger partial charge in [0.1, 0.15) is 11.6 Å². The lowest BCUT2D eigenvalue weighted by Crippen LogP contribution is -2.00. The van der Waals surface area contributed by atoms with Crippen LogP contribution < -0.4 is 10.6 Å². The molecule has 0 unspecified atom stereocenters. The molecule has 5 rings (SSSR count). The summed E-state index contributed by atoms with van der Waals surface area (Å²) in [6.07, 6.45) is 0. The number of pyridine rings is 1. The first-order valence-corrected chi connectivity index (χ1v) is 9.71. The Morgan fingerprint density at radius 1 is 0.581 bits per heavy atom. The van der Waals surface area contributed by atoms with Crippen molar-refractivity contribution in [2.24, 2.45) is 0 Å². The van der Waals surface area contributed by atoms with Gasteiger partial charge < -0.3 is 10.6 Å². The van der Waals surface area contributed by atoms with Crippen LogP contribution in [0.4, 0.5) is 23.5 Å². The van der Waals surface area contributed by atoms with Gasteiger partial charge in [-0.1, -0.05) is 66.2 Å². The van der Waals surface area contributed by atoms with Crippen LogP contribution in [0.25, 0.3) is 22.8 Å². The molecule has 152 valence electrons. The van der Waals surface area contributed by atoms with Crippen LogP contribution in [-0.2, 0) is 0 Å². The van der Waals surface area contributed by atoms with E-state index in [4.69, 9.17) is 0 Å². The van der Waals surface area contributed by atoms with Crippen molar-refractivity contribution in [2.45, 2.75) is 6.92 Å². The van der Waals surface area contributed by atoms with Crippen molar-refractivity contribution in [2.75, 3.05) is 10.6 Å². The number of aromatic amines is 2. The van der Waals surface area contributed by atoms with Crippen molar-refractivity contribution in [1.29, 1.82) is 0 Å². The average molecular weight is 409 g/mol. The molecule has 0 radical (unpaired) electrons. The van der Waals surface area contributed by atoms with Crippen LogP contribution in [0.3, 0.4) is 0 Å². The van der Waals surface area contributed by atoms with Gasteiger partial charge in [0.15, 0.2) is 11.6 Å². The summed E-state index contributed by atoms with van der Waals surface area (Å²) < 4.78 is 0. The summed E-state index contributed by atoms with van der Waals surface area (Å²) in [6.45, 7) is 2.05. The van der Waals surface area contributed by atoms with E-state index in [9.17, 15) is 0 Å². The number of nitrogens with zero attached hydrogens (tertiary/aromatic N) is 5. The highest BCUT2D eigenvalue weighted by Crippen LogP contribution is 2.20. The second-order valence-electron chi connectivity index (χ2n) is 6.91. The van der Waals surface area contributed by atoms with Crippen LogP contribution >= 0.6 is 0 Å². The summed E-state index contributed by atoms with van der Waals surface area (Å²) in [5.74, 6) is 3.43. The number of hydrogen-bond donors (Lipinski definition) is 4. The van der Waals surface area contributed by atoms with E-state index < -0.39 is 0 Å². The van der Waals surface area contributed by atoms with E-state index in [2.05, 4.69) is 46.0 Å². The normalized spacial score (nSPS) is 10.7. The van der Waals surface area contributed by atoms with Gasteiger partial charge >= 0.3 is 0 Å². The lowest BCUT2D eigenvalue weighted by atomic mass is 10.1. The molecule has 0 aliphatic heterocycles. The predicted molar refractivity (Wildman–Crippen MR) is 119 cm³/mol. The molecule has 4 N–H and O–H groups in total. The second kappa shape index (κ2) is 8.07. The zero-order valence-corrected chi connectivity index (χ0v) is 16.7. The zero-order chi connectivity index (χ0) is 21.0. The highest BCUT2D eigenvalue weighted by molar-refractivity contribution is 5.61. The van der Waals surface area contributed by atoms with Crippen molar-refractivity contribution in [3.63, 3.8) is 0 Å². The molecular formula is C22H19N9. The zero-order valence-electron chi connectivity index (χ0n) is 16.7. The van der Waals surface area contributed by atoms with Crippen LogP contribution in [0.2, 0.25) is 0 Å². The molecule has 0 aliphatic carbocycles. The van der Waals surface area contributed by atoms with Crippen LogP contribution in [0.15, 0.2) is 72.8 Å². The van der Waals surface area contributed by atoms with E-state index in [0.717, 1.165) is 11.1 Å². The Balaban J connectivity index is 1.29. The smallest absolute Gasteiger partial charge is 0.248 e. The Bertz CT molecular complexity index is 1290. The second-order valence-corrected chi connectivity index (χ2v) is 6.91. The van der Waals surface area contributed by atoms with Gasteiger partial charge in [0.05, 0.1) is 0 Å². The van der Waals surface area contributed by atoms with Crippen LogP contribution in [0.5, 0.6) is 0 Å². The SMILES string of the molecule is Cc1ccc(-c2nc(Nc3cccc(Nc4n[nH]c(-c5ccccc5)n4)n3)n[nH]2)cc1. The van der Waals surface area contributed by atoms with E-state index in [1.165, 1.54) is 5.56 Å². The fourth-order valence-electron chi connectivity index (χ4n) is 3.00. The molecule has 2 aromatic carbocycles. The van der Waals surface area contributed by atoms with E-state index in [1.807, 2.05) is 79.7 Å². The van der Waals surface area contributed by atoms with Gasteiger partial charge in [0.2, 0.25) is 11.9 Å². The first-order valence-electron chi connectivity index (χ1n) is 9.71. The summed E-state index contributed by atoms with van der Waals surface area (Å²) in [4.78, 5) is 13.5. The molecule has 31 heavy (non-hydrogen) atoms. The molecule has 3 heterocycles. The summed E-state index contributed by atoms with van der Waals surface area (Å²) in [6, 6.07) is 23.4. The molecule has 0 saturated carbocycles. The molecule has 5 aromatic rings. The number of H-pyrrole nitrogens is 2. The summed E-state index contributed by atoms with van der Waals surface area (Å²) >= 11 is 0. The summed E-state index contributed by atoms with van der Waals surface area (Å²) in [5.41, 5.74) is 3.12. The molecule has 0 atom stereocenters. The van der Waals surface area contributed by atoms with Crippen LogP contribution in [0, 0.1) is 6.92 Å². The minimum atomic E-state index is 0.433. The monoisotopic (exact) mass is 409 g/mol. The van der Waals surface area contributed by atoms with Gasteiger partial charge in [-0.25, -0.2) is 4.98 Å². The number of anilines is 4. The van der Waals surface area contributed by atoms with Gasteiger partial charge in [-0.05, 0) is 19.1 Å². The Hall–Kier alpha value is -4.53. The van der Waals surface area contributed by atoms with E-state index in [1.54, 1.807) is 0 Å². The maximum absolute atomic E-state index is 4.53. The quantitative estimate of drug-likeness (QED) is 0.327. The largest absolute Gasteiger partial charge is 0.307 e. The molecular weight excluding hydrogens is 390 g/mol. The third-order valence-corrected chi connectivity index (χ3v) is 4.57. The molecule has 9 heteroatoms. The first-order chi connectivity index (χ1) is 15.2. The van der Waals surface area contributed by atoms with Gasteiger partial charge in [-0.15, -0.1) is 10.2 Å². The maximum Gasteiger partial charge on any atom is 0.248 e. The number of hydrogen-bond acceptors (Lipinski definition) is 7. The fourth-order valence-corrected chi connectivity index (χ4v) is 3.00. The molecule has 0 aliphatic rings.